The Morgan fingerprint density at radius 3 is 2.12 bits per heavy atom. The predicted octanol–water partition coefficient (Wildman–Crippen LogP) is -1.89. The summed E-state index contributed by atoms with van der Waals surface area (Å²) in [5.41, 5.74) is -1.66. The highest BCUT2D eigenvalue weighted by molar-refractivity contribution is 7.87. The molecule has 17 nitrogen and oxygen atoms in total. The summed E-state index contributed by atoms with van der Waals surface area (Å²) in [5, 5.41) is 6.92. The van der Waals surface area contributed by atoms with Crippen LogP contribution >= 0.6 is 22.8 Å². The molecular formula is C13H21N2O15P3. The van der Waals surface area contributed by atoms with Gasteiger partial charge < -0.3 is 43.8 Å². The van der Waals surface area contributed by atoms with Crippen LogP contribution in [-0.2, 0) is 32.4 Å². The monoisotopic (exact) mass is 538 g/mol. The maximum Gasteiger partial charge on any atom is 0.358 e. The zero-order chi connectivity index (χ0) is 25.1. The van der Waals surface area contributed by atoms with Gasteiger partial charge in [0.05, 0.1) is 0 Å². The van der Waals surface area contributed by atoms with Crippen molar-refractivity contribution in [3.05, 3.63) is 33.1 Å². The van der Waals surface area contributed by atoms with E-state index in [2.05, 4.69) is 4.52 Å². The van der Waals surface area contributed by atoms with Gasteiger partial charge in [0.25, 0.3) is 10.7 Å². The summed E-state index contributed by atoms with van der Waals surface area (Å²) in [6.07, 6.45) is -7.04. The molecule has 188 valence electrons. The molecule has 33 heavy (non-hydrogen) atoms. The van der Waals surface area contributed by atoms with E-state index in [1.807, 2.05) is 4.98 Å². The molecule has 7 N–H and O–H groups in total. The fourth-order valence-electron chi connectivity index (χ4n) is 3.53. The van der Waals surface area contributed by atoms with E-state index in [0.29, 0.717) is 0 Å². The Morgan fingerprint density at radius 1 is 1.06 bits per heavy atom. The van der Waals surface area contributed by atoms with Crippen LogP contribution in [0.4, 0.5) is 0 Å². The van der Waals surface area contributed by atoms with Crippen LogP contribution in [0, 0.1) is 0 Å². The van der Waals surface area contributed by atoms with E-state index in [1.54, 1.807) is 0 Å². The number of ether oxygens (including phenoxy) is 3. The molecular weight excluding hydrogens is 517 g/mol. The van der Waals surface area contributed by atoms with E-state index in [9.17, 15) is 52.9 Å². The van der Waals surface area contributed by atoms with Crippen molar-refractivity contribution in [2.75, 3.05) is 0 Å². The number of aromatic nitrogens is 2. The van der Waals surface area contributed by atoms with Gasteiger partial charge in [-0.2, -0.15) is 0 Å². The van der Waals surface area contributed by atoms with E-state index >= 15 is 0 Å². The van der Waals surface area contributed by atoms with Crippen LogP contribution in [0.5, 0.6) is 0 Å². The Morgan fingerprint density at radius 2 is 1.61 bits per heavy atom. The van der Waals surface area contributed by atoms with Crippen LogP contribution in [0.2, 0.25) is 0 Å². The van der Waals surface area contributed by atoms with E-state index in [4.69, 9.17) is 14.2 Å². The summed E-state index contributed by atoms with van der Waals surface area (Å²) >= 11 is 0. The Balaban J connectivity index is 1.94. The van der Waals surface area contributed by atoms with Crippen molar-refractivity contribution in [3.8, 4) is 0 Å². The smallest absolute Gasteiger partial charge is 0.358 e. The summed E-state index contributed by atoms with van der Waals surface area (Å²) < 4.78 is 57.3. The first kappa shape index (κ1) is 26.6. The first-order valence-corrected chi connectivity index (χ1v) is 14.0. The van der Waals surface area contributed by atoms with Crippen LogP contribution < -0.4 is 11.2 Å². The van der Waals surface area contributed by atoms with Gasteiger partial charge >= 0.3 is 28.5 Å². The molecule has 0 saturated carbocycles. The van der Waals surface area contributed by atoms with Gasteiger partial charge in [0.15, 0.2) is 18.3 Å². The maximum absolute atomic E-state index is 12.4. The molecule has 0 aliphatic carbocycles. The number of hydrogen-bond donors (Lipinski definition) is 7. The molecule has 3 heterocycles. The molecule has 3 rings (SSSR count). The van der Waals surface area contributed by atoms with Crippen molar-refractivity contribution < 1.29 is 62.0 Å². The quantitative estimate of drug-likeness (QED) is 0.148. The number of aliphatic hydroxyl groups is 1. The largest absolute Gasteiger partial charge is 0.365 e. The van der Waals surface area contributed by atoms with Crippen molar-refractivity contribution in [2.45, 2.75) is 55.6 Å². The second kappa shape index (κ2) is 8.57. The Hall–Kier alpha value is -1.03. The average Bonchev–Trinajstić information content (AvgIpc) is 3.04. The lowest BCUT2D eigenvalue weighted by molar-refractivity contribution is -0.226. The van der Waals surface area contributed by atoms with Crippen LogP contribution in [0.1, 0.15) is 20.1 Å². The third kappa shape index (κ3) is 5.46. The Bertz CT molecular complexity index is 1140. The molecule has 2 aliphatic rings. The number of fused-ring (bicyclic) bond motifs is 1. The van der Waals surface area contributed by atoms with Gasteiger partial charge in [-0.15, -0.1) is 0 Å². The minimum absolute atomic E-state index is 0.725. The molecule has 20 heteroatoms. The predicted molar refractivity (Wildman–Crippen MR) is 104 cm³/mol. The lowest BCUT2D eigenvalue weighted by Gasteiger charge is -2.29. The van der Waals surface area contributed by atoms with E-state index in [0.717, 1.165) is 16.8 Å². The number of H-pyrrole nitrogens is 1. The molecule has 2 unspecified atom stereocenters. The topological polar surface area (TPSA) is 264 Å². The second-order valence-corrected chi connectivity index (χ2v) is 14.1. The molecule has 0 spiro atoms. The Kier molecular flexibility index (Phi) is 6.90. The lowest BCUT2D eigenvalue weighted by atomic mass is 10.1. The lowest BCUT2D eigenvalue weighted by Crippen LogP contribution is -2.40. The Labute approximate surface area is 183 Å². The molecule has 6 atom stereocenters. The van der Waals surface area contributed by atoms with Gasteiger partial charge in [-0.05, 0) is 13.8 Å². The molecule has 2 aliphatic heterocycles. The fraction of sp³-hybridized carbons (Fsp3) is 0.692. The summed E-state index contributed by atoms with van der Waals surface area (Å²) in [6, 6.07) is 0.980. The number of rotatable bonds is 7. The third-order valence-corrected chi connectivity index (χ3v) is 12.3. The normalized spacial score (nSPS) is 30.2. The van der Waals surface area contributed by atoms with Crippen molar-refractivity contribution in [2.24, 2.45) is 0 Å². The highest BCUT2D eigenvalue weighted by Gasteiger charge is 2.62. The standard InChI is InChI=1S/C13H21N2O15P3/c1-13(2)28-6-7(29-13)9(15-4-3-5(16)14-11(15)18)27-8(6)10(17)30-33(25,26)12(31(19,20)21)32(22,23)24/h3-4,6-10,12,17H,1-2H3,(H,25,26)(H,14,16,18)(H2,19,20,21)(H2,22,23,24)/t6-,7+,8-,9+,10?/m0/s1. The van der Waals surface area contributed by atoms with Crippen LogP contribution in [-0.4, -0.2) is 74.7 Å². The molecule has 0 aromatic carbocycles. The second-order valence-electron chi connectivity index (χ2n) is 7.66. The van der Waals surface area contributed by atoms with Crippen molar-refractivity contribution >= 4 is 22.8 Å². The van der Waals surface area contributed by atoms with Gasteiger partial charge in [0.1, 0.15) is 18.3 Å². The van der Waals surface area contributed by atoms with Crippen LogP contribution in [0.25, 0.3) is 0 Å². The van der Waals surface area contributed by atoms with Gasteiger partial charge in [-0.3, -0.25) is 32.6 Å². The number of aromatic amines is 1. The molecule has 1 aromatic heterocycles. The first-order chi connectivity index (χ1) is 14.8. The van der Waals surface area contributed by atoms with Gasteiger partial charge in [0, 0.05) is 12.3 Å². The zero-order valence-corrected chi connectivity index (χ0v) is 19.4. The zero-order valence-electron chi connectivity index (χ0n) is 16.8. The summed E-state index contributed by atoms with van der Waals surface area (Å²) in [6.45, 7) is 2.91. The summed E-state index contributed by atoms with van der Waals surface area (Å²) in [4.78, 5) is 72.1. The first-order valence-electron chi connectivity index (χ1n) is 8.95. The van der Waals surface area contributed by atoms with Gasteiger partial charge in [-0.1, -0.05) is 0 Å². The molecule has 0 amide bonds. The summed E-state index contributed by atoms with van der Waals surface area (Å²) in [5.74, 6) is -1.32. The van der Waals surface area contributed by atoms with Crippen molar-refractivity contribution in [1.82, 2.24) is 9.55 Å². The number of nitrogens with one attached hydrogen (secondary N) is 1. The van der Waals surface area contributed by atoms with E-state index < -0.39 is 75.8 Å². The highest BCUT2D eigenvalue weighted by Crippen LogP contribution is 2.75. The minimum Gasteiger partial charge on any atom is -0.365 e. The summed E-state index contributed by atoms with van der Waals surface area (Å²) in [7, 11) is -17.7. The average molecular weight is 538 g/mol. The molecule has 0 radical (unpaired) electrons. The maximum atomic E-state index is 12.4. The van der Waals surface area contributed by atoms with Crippen LogP contribution in [0.3, 0.4) is 0 Å². The van der Waals surface area contributed by atoms with Crippen molar-refractivity contribution in [3.63, 3.8) is 0 Å². The van der Waals surface area contributed by atoms with Gasteiger partial charge in [-0.25, -0.2) is 4.79 Å². The SMILES string of the molecule is CC1(C)O[C@@H]2[C@H](O1)[C@@H](C(O)OP(=O)(O)C(P(=O)(O)O)P(=O)(O)O)O[C@H]2n1ccc(=O)[nH]c1=O. The van der Waals surface area contributed by atoms with Gasteiger partial charge in [0.2, 0.25) is 0 Å². The number of nitrogens with zero attached hydrogens (tertiary/aromatic N) is 1. The number of hydrogen-bond acceptors (Lipinski definition) is 10. The molecule has 2 saturated heterocycles. The van der Waals surface area contributed by atoms with E-state index in [-0.39, 0.29) is 0 Å². The fourth-order valence-corrected chi connectivity index (χ4v) is 9.01. The molecule has 1 aromatic rings. The minimum atomic E-state index is -5.91. The van der Waals surface area contributed by atoms with Crippen LogP contribution in [0.15, 0.2) is 21.9 Å². The number of aliphatic hydroxyl groups excluding tert-OH is 1. The highest BCUT2D eigenvalue weighted by atomic mass is 31.3. The molecule has 2 fully saturated rings. The third-order valence-electron chi connectivity index (χ3n) is 4.62. The van der Waals surface area contributed by atoms with Crippen molar-refractivity contribution in [1.29, 1.82) is 0 Å². The van der Waals surface area contributed by atoms with E-state index in [1.165, 1.54) is 13.8 Å². The molecule has 0 bridgehead atoms.